The molecule has 0 radical (unpaired) electrons. The van der Waals surface area contributed by atoms with Crippen LogP contribution in [0.15, 0.2) is 12.2 Å². The average Bonchev–Trinajstić information content (AvgIpc) is 2.11. The van der Waals surface area contributed by atoms with Crippen LogP contribution in [-0.4, -0.2) is 18.9 Å². The van der Waals surface area contributed by atoms with Crippen LogP contribution in [0.2, 0.25) is 18.1 Å². The molecular formula is C13H28OSi. The molecule has 0 saturated carbocycles. The summed E-state index contributed by atoms with van der Waals surface area (Å²) in [6.07, 6.45) is 5.32. The maximum atomic E-state index is 10.2. The van der Waals surface area contributed by atoms with E-state index in [4.69, 9.17) is 0 Å². The van der Waals surface area contributed by atoms with Gasteiger partial charge in [0.1, 0.15) is 0 Å². The predicted octanol–water partition coefficient (Wildman–Crippen LogP) is 4.00. The number of hydrogen-bond acceptors (Lipinski definition) is 1. The second-order valence-corrected chi connectivity index (χ2v) is 11.7. The van der Waals surface area contributed by atoms with Crippen molar-refractivity contribution in [1.82, 2.24) is 0 Å². The Balaban J connectivity index is 4.58. The Labute approximate surface area is 96.6 Å². The van der Waals surface area contributed by atoms with E-state index in [1.54, 1.807) is 0 Å². The van der Waals surface area contributed by atoms with E-state index in [9.17, 15) is 5.11 Å². The molecule has 1 nitrogen and oxygen atoms in total. The van der Waals surface area contributed by atoms with E-state index in [1.807, 2.05) is 6.08 Å². The van der Waals surface area contributed by atoms with Gasteiger partial charge in [-0.1, -0.05) is 66.3 Å². The standard InChI is InChI=1S/C13H28OSi/c1-8-11(2)9-10-12(14)15(6,7)13(3,4)5/h9-12,14H,8H2,1-7H3. The first-order chi connectivity index (χ1) is 6.63. The number of aliphatic hydroxyl groups is 1. The summed E-state index contributed by atoms with van der Waals surface area (Å²) >= 11 is 0. The molecule has 0 aliphatic rings. The third kappa shape index (κ3) is 4.11. The molecule has 0 saturated heterocycles. The molecule has 0 aliphatic heterocycles. The van der Waals surface area contributed by atoms with E-state index >= 15 is 0 Å². The van der Waals surface area contributed by atoms with E-state index in [2.05, 4.69) is 53.8 Å². The maximum Gasteiger partial charge on any atom is 0.0914 e. The van der Waals surface area contributed by atoms with E-state index < -0.39 is 8.07 Å². The van der Waals surface area contributed by atoms with Gasteiger partial charge in [0.25, 0.3) is 0 Å². The summed E-state index contributed by atoms with van der Waals surface area (Å²) in [4.78, 5) is 0. The van der Waals surface area contributed by atoms with Crippen LogP contribution in [0, 0.1) is 5.92 Å². The summed E-state index contributed by atoms with van der Waals surface area (Å²) in [5.74, 6) is 0.574. The Morgan fingerprint density at radius 3 is 2.00 bits per heavy atom. The number of aliphatic hydroxyl groups excluding tert-OH is 1. The molecule has 2 atom stereocenters. The summed E-state index contributed by atoms with van der Waals surface area (Å²) in [6, 6.07) is 0. The second kappa shape index (κ2) is 5.31. The Kier molecular flexibility index (Phi) is 5.28. The van der Waals surface area contributed by atoms with Gasteiger partial charge in [-0.05, 0) is 11.0 Å². The SMILES string of the molecule is CCC(C)C=CC(O)[Si](C)(C)C(C)(C)C. The predicted molar refractivity (Wildman–Crippen MR) is 71.8 cm³/mol. The van der Waals surface area contributed by atoms with Gasteiger partial charge in [0.2, 0.25) is 0 Å². The van der Waals surface area contributed by atoms with Gasteiger partial charge in [-0.2, -0.15) is 0 Å². The van der Waals surface area contributed by atoms with Gasteiger partial charge in [-0.25, -0.2) is 0 Å². The van der Waals surface area contributed by atoms with E-state index in [0.717, 1.165) is 6.42 Å². The fourth-order valence-corrected chi connectivity index (χ4v) is 2.59. The number of allylic oxidation sites excluding steroid dienone is 1. The van der Waals surface area contributed by atoms with E-state index in [0.29, 0.717) is 5.92 Å². The van der Waals surface area contributed by atoms with E-state index in [-0.39, 0.29) is 10.8 Å². The summed E-state index contributed by atoms with van der Waals surface area (Å²) in [7, 11) is -1.62. The topological polar surface area (TPSA) is 20.2 Å². The second-order valence-electron chi connectivity index (χ2n) is 6.19. The third-order valence-corrected chi connectivity index (χ3v) is 9.48. The molecule has 0 amide bonds. The molecule has 1 N–H and O–H groups in total. The van der Waals surface area contributed by atoms with Crippen LogP contribution in [0.5, 0.6) is 0 Å². The van der Waals surface area contributed by atoms with Crippen molar-refractivity contribution in [3.63, 3.8) is 0 Å². The van der Waals surface area contributed by atoms with Crippen LogP contribution in [-0.2, 0) is 0 Å². The Morgan fingerprint density at radius 2 is 1.67 bits per heavy atom. The zero-order chi connectivity index (χ0) is 12.3. The van der Waals surface area contributed by atoms with Gasteiger partial charge in [0.15, 0.2) is 0 Å². The van der Waals surface area contributed by atoms with Gasteiger partial charge in [0, 0.05) is 0 Å². The van der Waals surface area contributed by atoms with Crippen molar-refractivity contribution in [3.05, 3.63) is 12.2 Å². The lowest BCUT2D eigenvalue weighted by atomic mass is 10.1. The first kappa shape index (κ1) is 14.9. The molecule has 15 heavy (non-hydrogen) atoms. The minimum absolute atomic E-state index is 0.230. The van der Waals surface area contributed by atoms with Crippen molar-refractivity contribution in [3.8, 4) is 0 Å². The van der Waals surface area contributed by atoms with E-state index in [1.165, 1.54) is 0 Å². The van der Waals surface area contributed by atoms with Crippen LogP contribution >= 0.6 is 0 Å². The summed E-state index contributed by atoms with van der Waals surface area (Å²) < 4.78 is 0. The largest absolute Gasteiger partial charge is 0.393 e. The fourth-order valence-electron chi connectivity index (χ4n) is 1.12. The summed E-state index contributed by atoms with van der Waals surface area (Å²) in [5, 5.41) is 10.5. The van der Waals surface area contributed by atoms with Gasteiger partial charge in [-0.3, -0.25) is 0 Å². The average molecular weight is 228 g/mol. The van der Waals surface area contributed by atoms with Crippen LogP contribution in [0.25, 0.3) is 0 Å². The van der Waals surface area contributed by atoms with Crippen molar-refractivity contribution in [2.75, 3.05) is 0 Å². The molecule has 0 aromatic carbocycles. The minimum Gasteiger partial charge on any atom is -0.393 e. The van der Waals surface area contributed by atoms with Crippen molar-refractivity contribution >= 4 is 8.07 Å². The van der Waals surface area contributed by atoms with Gasteiger partial charge in [-0.15, -0.1) is 0 Å². The molecule has 0 aromatic heterocycles. The Morgan fingerprint density at radius 1 is 1.20 bits per heavy atom. The lowest BCUT2D eigenvalue weighted by molar-refractivity contribution is 0.283. The van der Waals surface area contributed by atoms with Crippen molar-refractivity contribution in [1.29, 1.82) is 0 Å². The highest BCUT2D eigenvalue weighted by Gasteiger charge is 2.40. The summed E-state index contributed by atoms with van der Waals surface area (Å²) in [6.45, 7) is 15.6. The quantitative estimate of drug-likeness (QED) is 0.570. The molecule has 0 spiro atoms. The lowest BCUT2D eigenvalue weighted by Crippen LogP contribution is -2.48. The highest BCUT2D eigenvalue weighted by molar-refractivity contribution is 6.81. The highest BCUT2D eigenvalue weighted by Crippen LogP contribution is 2.38. The molecule has 0 heterocycles. The van der Waals surface area contributed by atoms with Crippen LogP contribution < -0.4 is 0 Å². The Bertz CT molecular complexity index is 213. The fraction of sp³-hybridized carbons (Fsp3) is 0.846. The third-order valence-electron chi connectivity index (χ3n) is 3.94. The first-order valence-corrected chi connectivity index (χ1v) is 9.07. The molecule has 0 aliphatic carbocycles. The maximum absolute atomic E-state index is 10.2. The molecule has 0 fully saturated rings. The zero-order valence-corrected chi connectivity index (χ0v) is 12.5. The zero-order valence-electron chi connectivity index (χ0n) is 11.5. The van der Waals surface area contributed by atoms with Crippen molar-refractivity contribution in [2.24, 2.45) is 5.92 Å². The summed E-state index contributed by atoms with van der Waals surface area (Å²) in [5.41, 5.74) is -0.230. The van der Waals surface area contributed by atoms with Gasteiger partial charge < -0.3 is 5.11 Å². The molecule has 0 aromatic rings. The minimum atomic E-state index is -1.62. The van der Waals surface area contributed by atoms with Crippen molar-refractivity contribution < 1.29 is 5.11 Å². The molecule has 0 rings (SSSR count). The molecule has 2 unspecified atom stereocenters. The van der Waals surface area contributed by atoms with Gasteiger partial charge >= 0.3 is 0 Å². The first-order valence-electron chi connectivity index (χ1n) is 5.99. The van der Waals surface area contributed by atoms with Crippen molar-refractivity contribution in [2.45, 2.75) is 64.9 Å². The molecule has 90 valence electrons. The lowest BCUT2D eigenvalue weighted by Gasteiger charge is -2.39. The number of rotatable bonds is 4. The Hall–Kier alpha value is -0.0831. The van der Waals surface area contributed by atoms with Crippen LogP contribution in [0.1, 0.15) is 41.0 Å². The molecular weight excluding hydrogens is 200 g/mol. The van der Waals surface area contributed by atoms with Crippen LogP contribution in [0.3, 0.4) is 0 Å². The van der Waals surface area contributed by atoms with Gasteiger partial charge in [0.05, 0.1) is 13.8 Å². The monoisotopic (exact) mass is 228 g/mol. The normalized spacial score (nSPS) is 18.1. The smallest absolute Gasteiger partial charge is 0.0914 e. The molecule has 0 bridgehead atoms. The number of hydrogen-bond donors (Lipinski definition) is 1. The van der Waals surface area contributed by atoms with Crippen LogP contribution in [0.4, 0.5) is 0 Å². The highest BCUT2D eigenvalue weighted by atomic mass is 28.3. The molecule has 2 heteroatoms.